The Morgan fingerprint density at radius 2 is 1.64 bits per heavy atom. The van der Waals surface area contributed by atoms with Gasteiger partial charge in [0, 0.05) is 50.5 Å². The highest BCUT2D eigenvalue weighted by Gasteiger charge is 2.20. The minimum absolute atomic E-state index is 0.528. The number of benzene rings is 1. The van der Waals surface area contributed by atoms with E-state index in [0.29, 0.717) is 6.04 Å². The molecule has 1 saturated carbocycles. The maximum absolute atomic E-state index is 4.88. The average molecular weight is 380 g/mol. The molecular weight excluding hydrogens is 346 g/mol. The zero-order valence-electron chi connectivity index (χ0n) is 17.1. The van der Waals surface area contributed by atoms with Gasteiger partial charge in [0.2, 0.25) is 5.95 Å². The largest absolute Gasteiger partial charge is 0.354 e. The van der Waals surface area contributed by atoms with Crippen LogP contribution in [0.4, 0.5) is 11.8 Å². The van der Waals surface area contributed by atoms with Crippen LogP contribution in [0.5, 0.6) is 0 Å². The van der Waals surface area contributed by atoms with E-state index >= 15 is 0 Å². The van der Waals surface area contributed by atoms with Crippen molar-refractivity contribution in [1.82, 2.24) is 14.9 Å². The highest BCUT2D eigenvalue weighted by molar-refractivity contribution is 5.45. The van der Waals surface area contributed by atoms with Crippen LogP contribution in [0.25, 0.3) is 0 Å². The summed E-state index contributed by atoms with van der Waals surface area (Å²) >= 11 is 0. The minimum Gasteiger partial charge on any atom is -0.354 e. The number of nitrogens with zero attached hydrogens (tertiary/aromatic N) is 4. The van der Waals surface area contributed by atoms with Crippen molar-refractivity contribution >= 4 is 11.8 Å². The van der Waals surface area contributed by atoms with E-state index in [1.165, 1.54) is 44.1 Å². The number of aryl methyl sites for hydroxylation is 1. The SMILES string of the molecule is Cc1cc(N2CCN(Cc3ccccc3)CC2)nc(NC2CCCCCC2)n1. The lowest BCUT2D eigenvalue weighted by Crippen LogP contribution is -2.46. The van der Waals surface area contributed by atoms with Gasteiger partial charge in [-0.25, -0.2) is 4.98 Å². The molecule has 0 unspecified atom stereocenters. The van der Waals surface area contributed by atoms with E-state index in [0.717, 1.165) is 50.2 Å². The lowest BCUT2D eigenvalue weighted by Gasteiger charge is -2.35. The molecule has 2 heterocycles. The van der Waals surface area contributed by atoms with Gasteiger partial charge in [-0.3, -0.25) is 4.90 Å². The lowest BCUT2D eigenvalue weighted by molar-refractivity contribution is 0.249. The molecule has 1 aliphatic heterocycles. The predicted octanol–water partition coefficient (Wildman–Crippen LogP) is 4.24. The summed E-state index contributed by atoms with van der Waals surface area (Å²) in [4.78, 5) is 14.5. The number of aromatic nitrogens is 2. The van der Waals surface area contributed by atoms with Crippen molar-refractivity contribution in [2.24, 2.45) is 0 Å². The number of rotatable bonds is 5. The van der Waals surface area contributed by atoms with E-state index in [-0.39, 0.29) is 0 Å². The summed E-state index contributed by atoms with van der Waals surface area (Å²) in [6, 6.07) is 13.4. The van der Waals surface area contributed by atoms with Gasteiger partial charge < -0.3 is 10.2 Å². The first kappa shape index (κ1) is 19.2. The Morgan fingerprint density at radius 1 is 0.929 bits per heavy atom. The number of hydrogen-bond acceptors (Lipinski definition) is 5. The van der Waals surface area contributed by atoms with Crippen LogP contribution in [0.1, 0.15) is 49.8 Å². The first-order valence-electron chi connectivity index (χ1n) is 10.9. The zero-order valence-corrected chi connectivity index (χ0v) is 17.1. The van der Waals surface area contributed by atoms with Crippen molar-refractivity contribution in [2.45, 2.75) is 58.0 Å². The molecule has 1 aromatic heterocycles. The Hall–Kier alpha value is -2.14. The Morgan fingerprint density at radius 3 is 2.36 bits per heavy atom. The Bertz CT molecular complexity index is 732. The van der Waals surface area contributed by atoms with Crippen LogP contribution in [0.3, 0.4) is 0 Å². The number of piperazine rings is 1. The van der Waals surface area contributed by atoms with E-state index in [1.54, 1.807) is 0 Å². The molecule has 28 heavy (non-hydrogen) atoms. The quantitative estimate of drug-likeness (QED) is 0.787. The molecule has 0 atom stereocenters. The topological polar surface area (TPSA) is 44.3 Å². The molecule has 1 N–H and O–H groups in total. The summed E-state index contributed by atoms with van der Waals surface area (Å²) in [5.41, 5.74) is 2.44. The monoisotopic (exact) mass is 379 g/mol. The fourth-order valence-corrected chi connectivity index (χ4v) is 4.36. The van der Waals surface area contributed by atoms with Crippen LogP contribution < -0.4 is 10.2 Å². The highest BCUT2D eigenvalue weighted by atomic mass is 15.3. The number of nitrogens with one attached hydrogen (secondary N) is 1. The van der Waals surface area contributed by atoms with E-state index < -0.39 is 0 Å². The van der Waals surface area contributed by atoms with Crippen LogP contribution in [-0.2, 0) is 6.54 Å². The van der Waals surface area contributed by atoms with Crippen LogP contribution in [0.15, 0.2) is 36.4 Å². The van der Waals surface area contributed by atoms with Crippen molar-refractivity contribution in [1.29, 1.82) is 0 Å². The van der Waals surface area contributed by atoms with E-state index in [2.05, 4.69) is 63.4 Å². The second-order valence-electron chi connectivity index (χ2n) is 8.27. The van der Waals surface area contributed by atoms with Crippen molar-refractivity contribution in [2.75, 3.05) is 36.4 Å². The fraction of sp³-hybridized carbons (Fsp3) is 0.565. The third kappa shape index (κ3) is 5.22. The third-order valence-electron chi connectivity index (χ3n) is 5.97. The molecule has 4 rings (SSSR count). The van der Waals surface area contributed by atoms with Crippen molar-refractivity contribution in [3.63, 3.8) is 0 Å². The summed E-state index contributed by atoms with van der Waals surface area (Å²) in [6.45, 7) is 7.30. The number of anilines is 2. The molecule has 5 heteroatoms. The Kier molecular flexibility index (Phi) is 6.42. The standard InChI is InChI=1S/C23H33N5/c1-19-17-22(26-23(24-19)25-21-11-7-2-3-8-12-21)28-15-13-27(14-16-28)18-20-9-5-4-6-10-20/h4-6,9-10,17,21H,2-3,7-8,11-16,18H2,1H3,(H,24,25,26). The van der Waals surface area contributed by atoms with Crippen LogP contribution in [0.2, 0.25) is 0 Å². The molecule has 1 aliphatic carbocycles. The molecular formula is C23H33N5. The molecule has 0 radical (unpaired) electrons. The van der Waals surface area contributed by atoms with Gasteiger partial charge in [0.1, 0.15) is 5.82 Å². The second kappa shape index (κ2) is 9.37. The molecule has 0 spiro atoms. The summed E-state index contributed by atoms with van der Waals surface area (Å²) in [5, 5.41) is 3.62. The minimum atomic E-state index is 0.528. The Balaban J connectivity index is 1.36. The molecule has 0 bridgehead atoms. The van der Waals surface area contributed by atoms with Gasteiger partial charge in [0.25, 0.3) is 0 Å². The van der Waals surface area contributed by atoms with Gasteiger partial charge >= 0.3 is 0 Å². The van der Waals surface area contributed by atoms with Gasteiger partial charge in [0.15, 0.2) is 0 Å². The molecule has 1 saturated heterocycles. The maximum atomic E-state index is 4.88. The Labute approximate surface area is 169 Å². The normalized spacial score (nSPS) is 19.4. The van der Waals surface area contributed by atoms with Gasteiger partial charge in [-0.15, -0.1) is 0 Å². The summed E-state index contributed by atoms with van der Waals surface area (Å²) in [7, 11) is 0. The van der Waals surface area contributed by atoms with E-state index in [1.807, 2.05) is 0 Å². The average Bonchev–Trinajstić information content (AvgIpc) is 2.98. The first-order valence-corrected chi connectivity index (χ1v) is 10.9. The lowest BCUT2D eigenvalue weighted by atomic mass is 10.1. The summed E-state index contributed by atoms with van der Waals surface area (Å²) < 4.78 is 0. The van der Waals surface area contributed by atoms with Crippen LogP contribution in [-0.4, -0.2) is 47.1 Å². The van der Waals surface area contributed by atoms with Crippen molar-refractivity contribution in [3.8, 4) is 0 Å². The fourth-order valence-electron chi connectivity index (χ4n) is 4.36. The molecule has 1 aromatic carbocycles. The van der Waals surface area contributed by atoms with Gasteiger partial charge in [-0.1, -0.05) is 56.0 Å². The first-order chi connectivity index (χ1) is 13.8. The van der Waals surface area contributed by atoms with Crippen LogP contribution in [0, 0.1) is 6.92 Å². The van der Waals surface area contributed by atoms with Gasteiger partial charge in [-0.05, 0) is 25.3 Å². The zero-order chi connectivity index (χ0) is 19.2. The van der Waals surface area contributed by atoms with E-state index in [4.69, 9.17) is 4.98 Å². The molecule has 2 aromatic rings. The summed E-state index contributed by atoms with van der Waals surface area (Å²) in [6.07, 6.45) is 7.85. The molecule has 2 aliphatic rings. The van der Waals surface area contributed by atoms with Crippen LogP contribution >= 0.6 is 0 Å². The molecule has 150 valence electrons. The predicted molar refractivity (Wildman–Crippen MR) is 116 cm³/mol. The van der Waals surface area contributed by atoms with Crippen molar-refractivity contribution < 1.29 is 0 Å². The summed E-state index contributed by atoms with van der Waals surface area (Å²) in [5.74, 6) is 1.89. The maximum Gasteiger partial charge on any atom is 0.225 e. The number of hydrogen-bond donors (Lipinski definition) is 1. The van der Waals surface area contributed by atoms with Crippen molar-refractivity contribution in [3.05, 3.63) is 47.7 Å². The molecule has 2 fully saturated rings. The van der Waals surface area contributed by atoms with E-state index in [9.17, 15) is 0 Å². The molecule has 0 amide bonds. The third-order valence-corrected chi connectivity index (χ3v) is 5.97. The molecule has 5 nitrogen and oxygen atoms in total. The van der Waals surface area contributed by atoms with Gasteiger partial charge in [0.05, 0.1) is 0 Å². The highest BCUT2D eigenvalue weighted by Crippen LogP contribution is 2.22. The second-order valence-corrected chi connectivity index (χ2v) is 8.27. The van der Waals surface area contributed by atoms with Gasteiger partial charge in [-0.2, -0.15) is 4.98 Å². The smallest absolute Gasteiger partial charge is 0.225 e.